The largest absolute Gasteiger partial charge is 0.480 e. The predicted octanol–water partition coefficient (Wildman–Crippen LogP) is 27.2. The molecule has 0 amide bonds. The Balaban J connectivity index is 7.90. The number of hydrogen-bond acceptors (Lipinski definition) is 1. The highest BCUT2D eigenvalue weighted by Gasteiger charge is 2.84. The van der Waals surface area contributed by atoms with Gasteiger partial charge in [-0.25, -0.2) is 4.79 Å². The Morgan fingerprint density at radius 2 is 0.310 bits per heavy atom. The van der Waals surface area contributed by atoms with E-state index in [9.17, 15) is 9.90 Å². The summed E-state index contributed by atoms with van der Waals surface area (Å²) < 4.78 is -24.7. The van der Waals surface area contributed by atoms with E-state index in [2.05, 4.69) is 589 Å². The lowest BCUT2D eigenvalue weighted by atomic mass is 10.0. The Bertz CT molecular complexity index is 1540. The molecule has 0 saturated heterocycles. The Morgan fingerprint density at radius 3 is 0.414 bits per heavy atom. The lowest BCUT2D eigenvalue weighted by Gasteiger charge is -2.62. The fourth-order valence-corrected chi connectivity index (χ4v) is 40.5. The summed E-state index contributed by atoms with van der Waals surface area (Å²) in [5, 5.41) is 10.2. The first kappa shape index (κ1) is 75.2. The molecule has 0 aliphatic rings. The van der Waals surface area contributed by atoms with E-state index in [0.29, 0.717) is 0 Å². The maximum atomic E-state index is 12.5. The van der Waals surface area contributed by atoms with E-state index in [0.717, 1.165) is 0 Å². The molecule has 0 aromatic carbocycles. The first-order valence-electron chi connectivity index (χ1n) is 11.9. The molecule has 0 aliphatic carbocycles. The van der Waals surface area contributed by atoms with Crippen LogP contribution in [0.25, 0.3) is 0 Å². The van der Waals surface area contributed by atoms with Crippen molar-refractivity contribution in [3.63, 3.8) is 0 Å². The van der Waals surface area contributed by atoms with Gasteiger partial charge in [0.2, 0.25) is 3.23 Å². The van der Waals surface area contributed by atoms with Crippen LogP contribution < -0.4 is 0 Å². The molecule has 0 bridgehead atoms. The molecule has 0 radical (unpaired) electrons. The zero-order valence-electron chi connectivity index (χ0n) is 24.3. The van der Waals surface area contributed by atoms with Gasteiger partial charge in [0.15, 0.2) is 2.14 Å². The van der Waals surface area contributed by atoms with Crippen LogP contribution in [0.4, 0.5) is 0 Å². The van der Waals surface area contributed by atoms with Gasteiger partial charge in [-0.15, -0.1) is 0 Å². The highest BCUT2D eigenvalue weighted by Crippen LogP contribution is 2.84. The maximum Gasteiger partial charge on any atom is 0.333 e. The van der Waals surface area contributed by atoms with Crippen molar-refractivity contribution < 1.29 is 9.90 Å². The van der Waals surface area contributed by atoms with E-state index in [-0.39, 0.29) is 0 Å². The Morgan fingerprint density at radius 1 is 0.207 bits per heavy atom. The van der Waals surface area contributed by atoms with Crippen LogP contribution in [0.2, 0.25) is 0 Å². The molecule has 39 heteroatoms. The van der Waals surface area contributed by atoms with Gasteiger partial charge in [-0.2, -0.15) is 0 Å². The summed E-state index contributed by atoms with van der Waals surface area (Å²) in [6.45, 7) is 0. The second kappa shape index (κ2) is 24.2. The average Bonchev–Trinajstić information content (AvgIpc) is 2.98. The zero-order chi connectivity index (χ0) is 48.6. The third kappa shape index (κ3) is 12.3. The van der Waals surface area contributed by atoms with Crippen LogP contribution >= 0.6 is 589 Å². The number of carboxylic acid groups (broad SMARTS) is 1. The number of rotatable bonds is 17. The van der Waals surface area contributed by atoms with Crippen molar-refractivity contribution >= 4 is 595 Å². The summed E-state index contributed by atoms with van der Waals surface area (Å²) in [6, 6.07) is 0. The van der Waals surface area contributed by atoms with Crippen LogP contribution in [0.15, 0.2) is 0 Å². The molecule has 2 nitrogen and oxygen atoms in total. The molecule has 0 spiro atoms. The van der Waals surface area contributed by atoms with Crippen LogP contribution in [0, 0.1) is 0 Å². The molecule has 348 valence electrons. The van der Waals surface area contributed by atoms with E-state index in [1.54, 1.807) is 0 Å². The highest BCUT2D eigenvalue weighted by atomic mass is 80.0. The van der Waals surface area contributed by atoms with Crippen molar-refractivity contribution in [2.75, 3.05) is 0 Å². The molecule has 0 aromatic heterocycles. The van der Waals surface area contributed by atoms with E-state index in [1.165, 1.54) is 0 Å². The summed E-state index contributed by atoms with van der Waals surface area (Å²) in [6.07, 6.45) is 0. The van der Waals surface area contributed by atoms with E-state index in [1.807, 2.05) is 0 Å². The second-order valence-corrected chi connectivity index (χ2v) is 75.9. The minimum Gasteiger partial charge on any atom is -0.480 e. The molecule has 0 fully saturated rings. The number of hydrogen-bond donors (Lipinski definition) is 1. The first-order valence-corrected chi connectivity index (χ1v) is 41.3. The molecule has 0 heterocycles. The number of halogens is 37. The van der Waals surface area contributed by atoms with Crippen LogP contribution in [-0.4, -0.2) is 68.2 Å². The highest BCUT2D eigenvalue weighted by molar-refractivity contribution is 9.43. The molecule has 0 aromatic rings. The minimum absolute atomic E-state index is 0.933. The molecular formula is C19HBr37O2. The SMILES string of the molecule is O=C(O)C(Br)(Br)C(Br)(Br)C(Br)(Br)C(Br)(Br)C(Br)(Br)C(Br)(Br)C(Br)(Br)C(Br)(Br)C(Br)(Br)C(Br)(Br)C(Br)(Br)C(Br)(Br)C(Br)(Br)C(Br)(Br)C(Br)(Br)C(Br)(Br)C(Br)(Br)C(Br)(Br)Br. The monoisotopic (exact) mass is 3180 g/mol. The van der Waals surface area contributed by atoms with E-state index in [4.69, 9.17) is 0 Å². The van der Waals surface area contributed by atoms with Crippen molar-refractivity contribution in [3.05, 3.63) is 0 Å². The fraction of sp³-hybridized carbons (Fsp3) is 0.947. The Labute approximate surface area is 645 Å². The van der Waals surface area contributed by atoms with Gasteiger partial charge in [-0.1, -0.05) is 589 Å². The van der Waals surface area contributed by atoms with E-state index >= 15 is 0 Å². The topological polar surface area (TPSA) is 37.3 Å². The number of carbonyl (C=O) groups is 1. The summed E-state index contributed by atoms with van der Waals surface area (Å²) in [5.41, 5.74) is 0. The summed E-state index contributed by atoms with van der Waals surface area (Å²) in [5.74, 6) is -1.26. The first-order chi connectivity index (χ1) is 24.2. The maximum absolute atomic E-state index is 12.5. The van der Waals surface area contributed by atoms with Crippen molar-refractivity contribution in [3.8, 4) is 0 Å². The normalized spacial score (nSPS) is 17.2. The summed E-state index contributed by atoms with van der Waals surface area (Å²) in [7, 11) is 0. The third-order valence-corrected chi connectivity index (χ3v) is 85.9. The number of alkyl halides is 37. The van der Waals surface area contributed by atoms with Gasteiger partial charge in [0.25, 0.3) is 0 Å². The Kier molecular flexibility index (Phi) is 31.4. The molecule has 0 unspecified atom stereocenters. The minimum atomic E-state index is -1.81. The quantitative estimate of drug-likeness (QED) is 0.147. The molecule has 0 rings (SSSR count). The van der Waals surface area contributed by atoms with Gasteiger partial charge >= 0.3 is 5.97 Å². The number of carboxylic acids is 1. The van der Waals surface area contributed by atoms with E-state index < -0.39 is 63.1 Å². The molecule has 58 heavy (non-hydrogen) atoms. The Hall–Kier alpha value is 17.2. The van der Waals surface area contributed by atoms with Crippen molar-refractivity contribution in [2.24, 2.45) is 0 Å². The summed E-state index contributed by atoms with van der Waals surface area (Å²) in [4.78, 5) is 12.5. The lowest BCUT2D eigenvalue weighted by Crippen LogP contribution is -2.74. The standard InChI is InChI=1S/C19HBr37O2/c20-2(21,1(57)58)3(22,23)4(24,25)5(26,27)6(28,29)7(30,31)8(32,33)9(34,35)10(36,37)11(38,39)12(40,41)13(42,43)14(44,45)15(46,47)16(48,49)17(50,51)18(52,53)19(54,55)56/h(H,57,58). The van der Waals surface area contributed by atoms with Crippen LogP contribution in [0.1, 0.15) is 0 Å². The van der Waals surface area contributed by atoms with Crippen LogP contribution in [0.3, 0.4) is 0 Å². The smallest absolute Gasteiger partial charge is 0.333 e. The molecule has 0 saturated carbocycles. The molecule has 0 aliphatic heterocycles. The van der Waals surface area contributed by atoms with Crippen molar-refractivity contribution in [2.45, 2.75) is 57.1 Å². The molecular weight excluding hydrogens is 3220 g/mol. The van der Waals surface area contributed by atoms with Gasteiger partial charge in [0.05, 0.1) is 0 Å². The molecule has 1 N–H and O–H groups in total. The number of aliphatic carboxylic acids is 1. The lowest BCUT2D eigenvalue weighted by molar-refractivity contribution is -0.137. The molecule has 0 atom stereocenters. The average molecular weight is 3220 g/mol. The van der Waals surface area contributed by atoms with Gasteiger partial charge in [-0.05, 0) is 0 Å². The second-order valence-electron chi connectivity index (χ2n) is 10.6. The van der Waals surface area contributed by atoms with Gasteiger partial charge < -0.3 is 5.11 Å². The van der Waals surface area contributed by atoms with Crippen molar-refractivity contribution in [1.82, 2.24) is 0 Å². The van der Waals surface area contributed by atoms with Crippen LogP contribution in [0.5, 0.6) is 0 Å². The fourth-order valence-electron chi connectivity index (χ4n) is 3.27. The van der Waals surface area contributed by atoms with Crippen molar-refractivity contribution in [1.29, 1.82) is 0 Å². The van der Waals surface area contributed by atoms with Gasteiger partial charge in [-0.3, -0.25) is 0 Å². The predicted molar refractivity (Wildman–Crippen MR) is 387 cm³/mol. The third-order valence-electron chi connectivity index (χ3n) is 6.93. The zero-order valence-corrected chi connectivity index (χ0v) is 83.0. The van der Waals surface area contributed by atoms with Gasteiger partial charge in [0.1, 0.15) is 51.7 Å². The van der Waals surface area contributed by atoms with Crippen LogP contribution in [-0.2, 0) is 4.79 Å². The van der Waals surface area contributed by atoms with Gasteiger partial charge in [0, 0.05) is 0 Å². The summed E-state index contributed by atoms with van der Waals surface area (Å²) >= 11 is 142.